The van der Waals surface area contributed by atoms with Crippen LogP contribution in [0, 0.1) is 11.2 Å². The van der Waals surface area contributed by atoms with Crippen LogP contribution in [0.3, 0.4) is 0 Å². The second-order valence-corrected chi connectivity index (χ2v) is 4.51. The molecule has 0 aliphatic rings. The first-order valence-electron chi connectivity index (χ1n) is 4.98. The van der Waals surface area contributed by atoms with Gasteiger partial charge in [0.2, 0.25) is 0 Å². The van der Waals surface area contributed by atoms with Gasteiger partial charge < -0.3 is 5.73 Å². The predicted molar refractivity (Wildman–Crippen MR) is 57.6 cm³/mol. The molecule has 0 heterocycles. The summed E-state index contributed by atoms with van der Waals surface area (Å²) in [6, 6.07) is 6.78. The standard InChI is InChI=1S/C12H18FN/c1-12(2,6-7-14)9-10-4-3-5-11(13)8-10/h3-5,8H,6-7,9,14H2,1-2H3. The maximum Gasteiger partial charge on any atom is 0.123 e. The number of halogens is 1. The third kappa shape index (κ3) is 3.46. The summed E-state index contributed by atoms with van der Waals surface area (Å²) in [7, 11) is 0. The van der Waals surface area contributed by atoms with Crippen molar-refractivity contribution < 1.29 is 4.39 Å². The van der Waals surface area contributed by atoms with E-state index in [4.69, 9.17) is 5.73 Å². The van der Waals surface area contributed by atoms with Crippen LogP contribution >= 0.6 is 0 Å². The second-order valence-electron chi connectivity index (χ2n) is 4.51. The smallest absolute Gasteiger partial charge is 0.123 e. The van der Waals surface area contributed by atoms with E-state index in [2.05, 4.69) is 13.8 Å². The normalized spacial score (nSPS) is 11.7. The van der Waals surface area contributed by atoms with E-state index >= 15 is 0 Å². The minimum absolute atomic E-state index is 0.155. The molecule has 1 aromatic carbocycles. The van der Waals surface area contributed by atoms with Gasteiger partial charge in [0.25, 0.3) is 0 Å². The van der Waals surface area contributed by atoms with Crippen molar-refractivity contribution in [2.24, 2.45) is 11.1 Å². The Labute approximate surface area is 85.1 Å². The lowest BCUT2D eigenvalue weighted by molar-refractivity contribution is 0.338. The molecule has 0 unspecified atom stereocenters. The van der Waals surface area contributed by atoms with E-state index in [0.717, 1.165) is 18.4 Å². The zero-order chi connectivity index (χ0) is 10.6. The summed E-state index contributed by atoms with van der Waals surface area (Å²) in [5, 5.41) is 0. The highest BCUT2D eigenvalue weighted by molar-refractivity contribution is 5.17. The van der Waals surface area contributed by atoms with Crippen LogP contribution < -0.4 is 5.73 Å². The second kappa shape index (κ2) is 4.56. The van der Waals surface area contributed by atoms with Gasteiger partial charge >= 0.3 is 0 Å². The van der Waals surface area contributed by atoms with Gasteiger partial charge in [-0.05, 0) is 42.5 Å². The van der Waals surface area contributed by atoms with Crippen LogP contribution in [0.4, 0.5) is 4.39 Å². The zero-order valence-corrected chi connectivity index (χ0v) is 8.89. The summed E-state index contributed by atoms with van der Waals surface area (Å²) in [4.78, 5) is 0. The average Bonchev–Trinajstić information content (AvgIpc) is 2.02. The van der Waals surface area contributed by atoms with Gasteiger partial charge in [0.15, 0.2) is 0 Å². The summed E-state index contributed by atoms with van der Waals surface area (Å²) < 4.78 is 12.9. The van der Waals surface area contributed by atoms with E-state index in [9.17, 15) is 4.39 Å². The molecule has 0 saturated heterocycles. The van der Waals surface area contributed by atoms with E-state index in [0.29, 0.717) is 6.54 Å². The van der Waals surface area contributed by atoms with Gasteiger partial charge in [0.05, 0.1) is 0 Å². The molecule has 1 rings (SSSR count). The first-order valence-corrected chi connectivity index (χ1v) is 4.98. The van der Waals surface area contributed by atoms with E-state index in [1.54, 1.807) is 12.1 Å². The van der Waals surface area contributed by atoms with Crippen LogP contribution in [0.2, 0.25) is 0 Å². The van der Waals surface area contributed by atoms with Gasteiger partial charge in [-0.1, -0.05) is 26.0 Å². The molecule has 14 heavy (non-hydrogen) atoms. The Morgan fingerprint density at radius 3 is 2.64 bits per heavy atom. The molecular weight excluding hydrogens is 177 g/mol. The van der Waals surface area contributed by atoms with Gasteiger partial charge in [-0.3, -0.25) is 0 Å². The van der Waals surface area contributed by atoms with E-state index in [1.807, 2.05) is 6.07 Å². The Morgan fingerprint density at radius 2 is 2.07 bits per heavy atom. The molecule has 0 aromatic heterocycles. The third-order valence-electron chi connectivity index (χ3n) is 2.39. The topological polar surface area (TPSA) is 26.0 Å². The molecule has 0 atom stereocenters. The van der Waals surface area contributed by atoms with Crippen molar-refractivity contribution >= 4 is 0 Å². The lowest BCUT2D eigenvalue weighted by Gasteiger charge is -2.23. The Balaban J connectivity index is 2.68. The molecule has 2 heteroatoms. The van der Waals surface area contributed by atoms with Gasteiger partial charge in [0, 0.05) is 0 Å². The minimum atomic E-state index is -0.161. The molecule has 0 bridgehead atoms. The fourth-order valence-corrected chi connectivity index (χ4v) is 1.68. The first-order chi connectivity index (χ1) is 6.53. The average molecular weight is 195 g/mol. The van der Waals surface area contributed by atoms with Gasteiger partial charge in [-0.2, -0.15) is 0 Å². The lowest BCUT2D eigenvalue weighted by atomic mass is 9.83. The highest BCUT2D eigenvalue weighted by atomic mass is 19.1. The minimum Gasteiger partial charge on any atom is -0.330 e. The van der Waals surface area contributed by atoms with Crippen LogP contribution in [0.1, 0.15) is 25.8 Å². The van der Waals surface area contributed by atoms with Crippen molar-refractivity contribution in [1.29, 1.82) is 0 Å². The van der Waals surface area contributed by atoms with Crippen molar-refractivity contribution in [3.05, 3.63) is 35.6 Å². The van der Waals surface area contributed by atoms with Crippen molar-refractivity contribution in [1.82, 2.24) is 0 Å². The van der Waals surface area contributed by atoms with E-state index in [1.165, 1.54) is 6.07 Å². The molecule has 1 aromatic rings. The Morgan fingerprint density at radius 1 is 1.36 bits per heavy atom. The summed E-state index contributed by atoms with van der Waals surface area (Å²) in [5.74, 6) is -0.161. The molecule has 0 amide bonds. The molecular formula is C12H18FN. The monoisotopic (exact) mass is 195 g/mol. The zero-order valence-electron chi connectivity index (χ0n) is 8.89. The molecule has 0 aliphatic carbocycles. The van der Waals surface area contributed by atoms with E-state index in [-0.39, 0.29) is 11.2 Å². The van der Waals surface area contributed by atoms with Crippen LogP contribution in [-0.2, 0) is 6.42 Å². The Kier molecular flexibility index (Phi) is 3.64. The van der Waals surface area contributed by atoms with Crippen molar-refractivity contribution in [3.63, 3.8) is 0 Å². The summed E-state index contributed by atoms with van der Waals surface area (Å²) in [6.45, 7) is 5.00. The lowest BCUT2D eigenvalue weighted by Crippen LogP contribution is -2.19. The maximum absolute atomic E-state index is 12.9. The highest BCUT2D eigenvalue weighted by Crippen LogP contribution is 2.25. The summed E-state index contributed by atoms with van der Waals surface area (Å²) in [6.07, 6.45) is 1.84. The first kappa shape index (κ1) is 11.2. The van der Waals surface area contributed by atoms with Gasteiger partial charge in [0.1, 0.15) is 5.82 Å². The van der Waals surface area contributed by atoms with Crippen LogP contribution in [0.25, 0.3) is 0 Å². The molecule has 78 valence electrons. The van der Waals surface area contributed by atoms with Crippen molar-refractivity contribution in [2.45, 2.75) is 26.7 Å². The molecule has 0 radical (unpaired) electrons. The number of hydrogen-bond donors (Lipinski definition) is 1. The van der Waals surface area contributed by atoms with Crippen molar-refractivity contribution in [3.8, 4) is 0 Å². The number of nitrogens with two attached hydrogens (primary N) is 1. The highest BCUT2D eigenvalue weighted by Gasteiger charge is 2.17. The fraction of sp³-hybridized carbons (Fsp3) is 0.500. The summed E-state index contributed by atoms with van der Waals surface area (Å²) >= 11 is 0. The van der Waals surface area contributed by atoms with Crippen LogP contribution in [0.5, 0.6) is 0 Å². The van der Waals surface area contributed by atoms with Crippen molar-refractivity contribution in [2.75, 3.05) is 6.54 Å². The molecule has 0 saturated carbocycles. The maximum atomic E-state index is 12.9. The largest absolute Gasteiger partial charge is 0.330 e. The third-order valence-corrected chi connectivity index (χ3v) is 2.39. The fourth-order valence-electron chi connectivity index (χ4n) is 1.68. The molecule has 2 N–H and O–H groups in total. The molecule has 0 spiro atoms. The number of benzene rings is 1. The Hall–Kier alpha value is -0.890. The quantitative estimate of drug-likeness (QED) is 0.785. The van der Waals surface area contributed by atoms with Gasteiger partial charge in [-0.15, -0.1) is 0 Å². The van der Waals surface area contributed by atoms with Crippen LogP contribution in [-0.4, -0.2) is 6.54 Å². The van der Waals surface area contributed by atoms with E-state index < -0.39 is 0 Å². The molecule has 0 aliphatic heterocycles. The molecule has 0 fully saturated rings. The number of hydrogen-bond acceptors (Lipinski definition) is 1. The van der Waals surface area contributed by atoms with Crippen LogP contribution in [0.15, 0.2) is 24.3 Å². The number of rotatable bonds is 4. The Bertz CT molecular complexity index is 294. The molecule has 1 nitrogen and oxygen atoms in total. The van der Waals surface area contributed by atoms with Gasteiger partial charge in [-0.25, -0.2) is 4.39 Å². The summed E-state index contributed by atoms with van der Waals surface area (Å²) in [5.41, 5.74) is 6.72. The SMILES string of the molecule is CC(C)(CCN)Cc1cccc(F)c1. The predicted octanol–water partition coefficient (Wildman–Crippen LogP) is 2.74.